The van der Waals surface area contributed by atoms with Gasteiger partial charge in [0, 0.05) is 32.1 Å². The smallest absolute Gasteiger partial charge is 0.105 e. The molecule has 0 saturated heterocycles. The minimum Gasteiger partial charge on any atom is -0.358 e. The van der Waals surface area contributed by atoms with Crippen molar-refractivity contribution in [2.75, 3.05) is 39.3 Å². The summed E-state index contributed by atoms with van der Waals surface area (Å²) in [6.45, 7) is 8.15. The van der Waals surface area contributed by atoms with Crippen LogP contribution in [0.4, 0.5) is 0 Å². The molecule has 0 fully saturated rings. The van der Waals surface area contributed by atoms with Crippen LogP contribution in [0.15, 0.2) is 15.0 Å². The second kappa shape index (κ2) is 5.59. The lowest BCUT2D eigenvalue weighted by Crippen LogP contribution is -2.49. The highest BCUT2D eigenvalue weighted by Gasteiger charge is 2.28. The van der Waals surface area contributed by atoms with Crippen LogP contribution in [-0.4, -0.2) is 85.2 Å². The molecule has 6 nitrogen and oxygen atoms in total. The zero-order valence-corrected chi connectivity index (χ0v) is 11.5. The summed E-state index contributed by atoms with van der Waals surface area (Å²) in [6.07, 6.45) is 7.46. The molecule has 3 rings (SSSR count). The average molecular weight is 262 g/mol. The van der Waals surface area contributed by atoms with E-state index in [-0.39, 0.29) is 0 Å². The van der Waals surface area contributed by atoms with E-state index in [2.05, 4.69) is 36.6 Å². The number of aliphatic imine (C=N–C) groups is 3. The molecule has 0 aromatic heterocycles. The number of rotatable bonds is 5. The first-order chi connectivity index (χ1) is 9.34. The third-order valence-corrected chi connectivity index (χ3v) is 4.04. The van der Waals surface area contributed by atoms with Gasteiger partial charge in [-0.15, -0.1) is 0 Å². The van der Waals surface area contributed by atoms with E-state index in [0.717, 1.165) is 45.7 Å². The highest BCUT2D eigenvalue weighted by Crippen LogP contribution is 2.17. The first-order valence-electron chi connectivity index (χ1n) is 7.12. The Morgan fingerprint density at radius 3 is 1.74 bits per heavy atom. The highest BCUT2D eigenvalue weighted by molar-refractivity contribution is 5.62. The Morgan fingerprint density at radius 1 is 0.842 bits per heavy atom. The van der Waals surface area contributed by atoms with Crippen LogP contribution in [0.3, 0.4) is 0 Å². The van der Waals surface area contributed by atoms with Crippen LogP contribution >= 0.6 is 0 Å². The Morgan fingerprint density at radius 2 is 1.32 bits per heavy atom. The van der Waals surface area contributed by atoms with Gasteiger partial charge >= 0.3 is 0 Å². The lowest BCUT2D eigenvalue weighted by atomic mass is 10.1. The van der Waals surface area contributed by atoms with Gasteiger partial charge in [0.2, 0.25) is 0 Å². The van der Waals surface area contributed by atoms with Crippen molar-refractivity contribution in [3.63, 3.8) is 0 Å². The summed E-state index contributed by atoms with van der Waals surface area (Å²) >= 11 is 0. The molecule has 0 radical (unpaired) electrons. The molecule has 3 aliphatic heterocycles. The summed E-state index contributed by atoms with van der Waals surface area (Å²) in [5.74, 6) is 0. The van der Waals surface area contributed by atoms with Gasteiger partial charge in [-0.2, -0.15) is 0 Å². The van der Waals surface area contributed by atoms with Crippen molar-refractivity contribution in [1.82, 2.24) is 14.7 Å². The predicted molar refractivity (Wildman–Crippen MR) is 78.1 cm³/mol. The Labute approximate surface area is 114 Å². The van der Waals surface area contributed by atoms with Crippen molar-refractivity contribution in [1.29, 1.82) is 0 Å². The van der Waals surface area contributed by atoms with Gasteiger partial charge in [-0.25, -0.2) is 0 Å². The number of hydrogen-bond donors (Lipinski definition) is 0. The van der Waals surface area contributed by atoms with Gasteiger partial charge in [-0.05, 0) is 6.92 Å². The van der Waals surface area contributed by atoms with Gasteiger partial charge in [-0.3, -0.25) is 15.0 Å². The van der Waals surface area contributed by atoms with E-state index in [1.54, 1.807) is 0 Å². The molecular weight excluding hydrogens is 240 g/mol. The molecule has 6 heteroatoms. The lowest BCUT2D eigenvalue weighted by molar-refractivity contribution is 0.147. The Balaban J connectivity index is 1.65. The largest absolute Gasteiger partial charge is 0.358 e. The molecule has 0 aliphatic carbocycles. The summed E-state index contributed by atoms with van der Waals surface area (Å²) in [5.41, 5.74) is 0. The van der Waals surface area contributed by atoms with E-state index < -0.39 is 0 Å². The maximum atomic E-state index is 4.35. The fourth-order valence-corrected chi connectivity index (χ4v) is 2.87. The van der Waals surface area contributed by atoms with E-state index >= 15 is 0 Å². The van der Waals surface area contributed by atoms with E-state index in [0.29, 0.717) is 12.2 Å². The van der Waals surface area contributed by atoms with E-state index in [1.165, 1.54) is 0 Å². The van der Waals surface area contributed by atoms with Crippen LogP contribution in [0.1, 0.15) is 13.3 Å². The monoisotopic (exact) mass is 262 g/mol. The molecule has 0 N–H and O–H groups in total. The van der Waals surface area contributed by atoms with Gasteiger partial charge in [0.1, 0.15) is 6.17 Å². The summed E-state index contributed by atoms with van der Waals surface area (Å²) in [5, 5.41) is 0. The Bertz CT molecular complexity index is 369. The van der Waals surface area contributed by atoms with E-state index in [4.69, 9.17) is 0 Å². The number of nitrogens with zero attached hydrogens (tertiary/aromatic N) is 6. The van der Waals surface area contributed by atoms with Gasteiger partial charge in [0.15, 0.2) is 0 Å². The van der Waals surface area contributed by atoms with Crippen molar-refractivity contribution in [2.24, 2.45) is 15.0 Å². The minimum absolute atomic E-state index is 0.376. The average Bonchev–Trinajstić information content (AvgIpc) is 3.17. The predicted octanol–water partition coefficient (Wildman–Crippen LogP) is 0.123. The summed E-state index contributed by atoms with van der Waals surface area (Å²) in [7, 11) is 0. The Hall–Kier alpha value is -1.59. The zero-order chi connectivity index (χ0) is 13.1. The molecule has 1 atom stereocenters. The number of hydrogen-bond acceptors (Lipinski definition) is 6. The summed E-state index contributed by atoms with van der Waals surface area (Å²) < 4.78 is 0. The molecule has 19 heavy (non-hydrogen) atoms. The standard InChI is InChI=1S/C13H22N6/c1-12(17-5-2-14-9-17)8-13(18-6-3-15-10-18)19-7-4-16-11-19/h9-13H,2-8H2,1H3. The van der Waals surface area contributed by atoms with Gasteiger partial charge in [0.05, 0.1) is 38.6 Å². The van der Waals surface area contributed by atoms with Gasteiger partial charge < -0.3 is 14.7 Å². The quantitative estimate of drug-likeness (QED) is 0.707. The SMILES string of the molecule is CC(CC(N1C=NCC1)N1C=NCC1)N1C=NCC1. The molecule has 3 aliphatic rings. The molecule has 0 spiro atoms. The zero-order valence-electron chi connectivity index (χ0n) is 11.5. The van der Waals surface area contributed by atoms with Crippen molar-refractivity contribution in [2.45, 2.75) is 25.6 Å². The highest BCUT2D eigenvalue weighted by atomic mass is 15.4. The van der Waals surface area contributed by atoms with Crippen LogP contribution in [-0.2, 0) is 0 Å². The topological polar surface area (TPSA) is 46.8 Å². The molecule has 0 aromatic carbocycles. The molecule has 1 unspecified atom stereocenters. The van der Waals surface area contributed by atoms with Crippen LogP contribution in [0.25, 0.3) is 0 Å². The van der Waals surface area contributed by atoms with Crippen LogP contribution in [0.2, 0.25) is 0 Å². The van der Waals surface area contributed by atoms with E-state index in [9.17, 15) is 0 Å². The minimum atomic E-state index is 0.376. The van der Waals surface area contributed by atoms with Crippen molar-refractivity contribution in [3.8, 4) is 0 Å². The maximum Gasteiger partial charge on any atom is 0.105 e. The molecule has 0 bridgehead atoms. The van der Waals surface area contributed by atoms with Crippen molar-refractivity contribution < 1.29 is 0 Å². The normalized spacial score (nSPS) is 23.4. The lowest BCUT2D eigenvalue weighted by Gasteiger charge is -2.37. The fraction of sp³-hybridized carbons (Fsp3) is 0.769. The van der Waals surface area contributed by atoms with Crippen molar-refractivity contribution in [3.05, 3.63) is 0 Å². The molecule has 3 heterocycles. The Kier molecular flexibility index (Phi) is 3.66. The summed E-state index contributed by atoms with van der Waals surface area (Å²) in [4.78, 5) is 20.0. The second-order valence-corrected chi connectivity index (χ2v) is 5.34. The van der Waals surface area contributed by atoms with Crippen LogP contribution in [0.5, 0.6) is 0 Å². The first kappa shape index (κ1) is 12.4. The molecule has 0 aromatic rings. The third kappa shape index (κ3) is 2.72. The van der Waals surface area contributed by atoms with Gasteiger partial charge in [0.25, 0.3) is 0 Å². The van der Waals surface area contributed by atoms with E-state index in [1.807, 2.05) is 19.0 Å². The maximum absolute atomic E-state index is 4.35. The van der Waals surface area contributed by atoms with Gasteiger partial charge in [-0.1, -0.05) is 0 Å². The molecule has 104 valence electrons. The molecule has 0 saturated carbocycles. The molecular formula is C13H22N6. The van der Waals surface area contributed by atoms with Crippen LogP contribution in [0, 0.1) is 0 Å². The van der Waals surface area contributed by atoms with Crippen LogP contribution < -0.4 is 0 Å². The second-order valence-electron chi connectivity index (χ2n) is 5.34. The summed E-state index contributed by atoms with van der Waals surface area (Å²) in [6, 6.07) is 0.499. The third-order valence-electron chi connectivity index (χ3n) is 4.04. The first-order valence-corrected chi connectivity index (χ1v) is 7.12. The fourth-order valence-electron chi connectivity index (χ4n) is 2.87. The van der Waals surface area contributed by atoms with Crippen molar-refractivity contribution >= 4 is 19.0 Å². The molecule has 0 amide bonds.